The van der Waals surface area contributed by atoms with Crippen LogP contribution in [0.1, 0.15) is 28.9 Å². The van der Waals surface area contributed by atoms with Crippen LogP contribution in [0.2, 0.25) is 0 Å². The van der Waals surface area contributed by atoms with Gasteiger partial charge in [-0.1, -0.05) is 30.3 Å². The van der Waals surface area contributed by atoms with Crippen molar-refractivity contribution in [2.75, 3.05) is 13.1 Å². The number of para-hydroxylation sites is 1. The molecule has 0 saturated carbocycles. The van der Waals surface area contributed by atoms with Crippen molar-refractivity contribution in [3.05, 3.63) is 78.1 Å². The third-order valence-electron chi connectivity index (χ3n) is 4.92. The highest BCUT2D eigenvalue weighted by molar-refractivity contribution is 7.89. The first-order valence-corrected chi connectivity index (χ1v) is 11.0. The Kier molecular flexibility index (Phi) is 5.46. The predicted octanol–water partition coefficient (Wildman–Crippen LogP) is 2.59. The van der Waals surface area contributed by atoms with Gasteiger partial charge in [0, 0.05) is 25.8 Å². The second-order valence-electron chi connectivity index (χ2n) is 6.92. The average molecular weight is 410 g/mol. The Bertz CT molecular complexity index is 1090. The summed E-state index contributed by atoms with van der Waals surface area (Å²) in [5.74, 6) is -0.284. The molecule has 1 amide bonds. The molecule has 8 heteroatoms. The lowest BCUT2D eigenvalue weighted by Gasteiger charge is -2.15. The third-order valence-corrected chi connectivity index (χ3v) is 6.83. The van der Waals surface area contributed by atoms with E-state index in [0.29, 0.717) is 25.3 Å². The Balaban J connectivity index is 1.38. The van der Waals surface area contributed by atoms with Crippen molar-refractivity contribution in [2.24, 2.45) is 0 Å². The molecule has 0 unspecified atom stereocenters. The molecule has 0 bridgehead atoms. The van der Waals surface area contributed by atoms with E-state index in [1.165, 1.54) is 4.31 Å². The number of carbonyl (C=O) groups excluding carboxylic acids is 1. The fraction of sp³-hybridized carbons (Fsp3) is 0.238. The van der Waals surface area contributed by atoms with E-state index >= 15 is 0 Å². The van der Waals surface area contributed by atoms with Crippen LogP contribution in [-0.2, 0) is 16.6 Å². The zero-order valence-electron chi connectivity index (χ0n) is 15.9. The molecule has 0 atom stereocenters. The van der Waals surface area contributed by atoms with E-state index in [1.54, 1.807) is 41.2 Å². The molecule has 1 aliphatic heterocycles. The standard InChI is InChI=1S/C21H22N4O3S/c26-21(20-12-15-25(23-20)18-6-2-1-3-7-18)22-16-17-8-10-19(11-9-17)29(27,28)24-13-4-5-14-24/h1-3,6-12,15H,4-5,13-14,16H2,(H,22,26). The maximum atomic E-state index is 12.6. The van der Waals surface area contributed by atoms with E-state index in [-0.39, 0.29) is 10.8 Å². The molecule has 150 valence electrons. The van der Waals surface area contributed by atoms with E-state index in [0.717, 1.165) is 24.1 Å². The Hall–Kier alpha value is -2.97. The molecule has 0 aliphatic carbocycles. The molecule has 7 nitrogen and oxygen atoms in total. The van der Waals surface area contributed by atoms with Crippen molar-refractivity contribution in [1.82, 2.24) is 19.4 Å². The number of sulfonamides is 1. The smallest absolute Gasteiger partial charge is 0.272 e. The molecule has 2 aromatic carbocycles. The second kappa shape index (κ2) is 8.18. The number of nitrogens with zero attached hydrogens (tertiary/aromatic N) is 3. The maximum Gasteiger partial charge on any atom is 0.272 e. The predicted molar refractivity (Wildman–Crippen MR) is 109 cm³/mol. The lowest BCUT2D eigenvalue weighted by atomic mass is 10.2. The molecule has 1 fully saturated rings. The molecular formula is C21H22N4O3S. The van der Waals surface area contributed by atoms with Crippen molar-refractivity contribution in [3.63, 3.8) is 0 Å². The minimum Gasteiger partial charge on any atom is -0.347 e. The van der Waals surface area contributed by atoms with Crippen LogP contribution in [0.15, 0.2) is 71.8 Å². The Labute approximate surface area is 170 Å². The van der Waals surface area contributed by atoms with E-state index in [4.69, 9.17) is 0 Å². The molecule has 0 spiro atoms. The van der Waals surface area contributed by atoms with Crippen LogP contribution < -0.4 is 5.32 Å². The van der Waals surface area contributed by atoms with Crippen LogP contribution in [0, 0.1) is 0 Å². The third kappa shape index (κ3) is 4.23. The summed E-state index contributed by atoms with van der Waals surface area (Å²) in [6.07, 6.45) is 3.55. The first-order chi connectivity index (χ1) is 14.0. The molecule has 29 heavy (non-hydrogen) atoms. The molecular weight excluding hydrogens is 388 g/mol. The van der Waals surface area contributed by atoms with Gasteiger partial charge in [-0.15, -0.1) is 0 Å². The van der Waals surface area contributed by atoms with E-state index in [2.05, 4.69) is 10.4 Å². The molecule has 0 radical (unpaired) electrons. The minimum atomic E-state index is -3.42. The van der Waals surface area contributed by atoms with Gasteiger partial charge >= 0.3 is 0 Å². The SMILES string of the molecule is O=C(NCc1ccc(S(=O)(=O)N2CCCC2)cc1)c1ccn(-c2ccccc2)n1. The van der Waals surface area contributed by atoms with Gasteiger partial charge in [-0.3, -0.25) is 4.79 Å². The maximum absolute atomic E-state index is 12.6. The van der Waals surface area contributed by atoms with E-state index < -0.39 is 10.0 Å². The number of hydrogen-bond donors (Lipinski definition) is 1. The lowest BCUT2D eigenvalue weighted by Crippen LogP contribution is -2.28. The summed E-state index contributed by atoms with van der Waals surface area (Å²) in [6, 6.07) is 17.9. The Morgan fingerprint density at radius 2 is 1.66 bits per heavy atom. The van der Waals surface area contributed by atoms with Gasteiger partial charge in [-0.25, -0.2) is 13.1 Å². The highest BCUT2D eigenvalue weighted by atomic mass is 32.2. The number of hydrogen-bond acceptors (Lipinski definition) is 4. The van der Waals surface area contributed by atoms with Gasteiger partial charge in [0.25, 0.3) is 5.91 Å². The van der Waals surface area contributed by atoms with Crippen molar-refractivity contribution in [3.8, 4) is 5.69 Å². The zero-order valence-corrected chi connectivity index (χ0v) is 16.7. The van der Waals surface area contributed by atoms with E-state index in [9.17, 15) is 13.2 Å². The molecule has 1 N–H and O–H groups in total. The summed E-state index contributed by atoms with van der Waals surface area (Å²) in [4.78, 5) is 12.7. The number of amides is 1. The monoisotopic (exact) mass is 410 g/mol. The second-order valence-corrected chi connectivity index (χ2v) is 8.86. The van der Waals surface area contributed by atoms with Gasteiger partial charge in [0.15, 0.2) is 5.69 Å². The van der Waals surface area contributed by atoms with Gasteiger partial charge < -0.3 is 5.32 Å². The molecule has 3 aromatic rings. The van der Waals surface area contributed by atoms with Gasteiger partial charge in [0.2, 0.25) is 10.0 Å². The fourth-order valence-corrected chi connectivity index (χ4v) is 4.82. The topological polar surface area (TPSA) is 84.3 Å². The summed E-state index contributed by atoms with van der Waals surface area (Å²) in [5.41, 5.74) is 2.02. The lowest BCUT2D eigenvalue weighted by molar-refractivity contribution is 0.0945. The van der Waals surface area contributed by atoms with Crippen molar-refractivity contribution < 1.29 is 13.2 Å². The zero-order chi connectivity index (χ0) is 20.3. The molecule has 2 heterocycles. The van der Waals surface area contributed by atoms with Crippen LogP contribution >= 0.6 is 0 Å². The molecule has 1 aromatic heterocycles. The molecule has 1 aliphatic rings. The van der Waals surface area contributed by atoms with Gasteiger partial charge in [0.05, 0.1) is 10.6 Å². The van der Waals surface area contributed by atoms with Crippen molar-refractivity contribution in [2.45, 2.75) is 24.3 Å². The van der Waals surface area contributed by atoms with E-state index in [1.807, 2.05) is 30.3 Å². The number of carbonyl (C=O) groups is 1. The van der Waals surface area contributed by atoms with Crippen LogP contribution in [0.3, 0.4) is 0 Å². The van der Waals surface area contributed by atoms with Gasteiger partial charge in [-0.05, 0) is 48.7 Å². The van der Waals surface area contributed by atoms with Crippen molar-refractivity contribution >= 4 is 15.9 Å². The first-order valence-electron chi connectivity index (χ1n) is 9.52. The van der Waals surface area contributed by atoms with Gasteiger partial charge in [0.1, 0.15) is 0 Å². The minimum absolute atomic E-state index is 0.284. The highest BCUT2D eigenvalue weighted by Crippen LogP contribution is 2.21. The quantitative estimate of drug-likeness (QED) is 0.677. The van der Waals surface area contributed by atoms with Crippen LogP contribution in [0.4, 0.5) is 0 Å². The van der Waals surface area contributed by atoms with Crippen LogP contribution in [0.5, 0.6) is 0 Å². The Morgan fingerprint density at radius 1 is 0.966 bits per heavy atom. The summed E-state index contributed by atoms with van der Waals surface area (Å²) < 4.78 is 28.3. The summed E-state index contributed by atoms with van der Waals surface area (Å²) >= 11 is 0. The summed E-state index contributed by atoms with van der Waals surface area (Å²) in [5, 5.41) is 7.12. The fourth-order valence-electron chi connectivity index (χ4n) is 3.30. The normalized spacial score (nSPS) is 14.8. The molecule has 1 saturated heterocycles. The Morgan fingerprint density at radius 3 is 2.34 bits per heavy atom. The van der Waals surface area contributed by atoms with Crippen LogP contribution in [0.25, 0.3) is 5.69 Å². The molecule has 4 rings (SSSR count). The van der Waals surface area contributed by atoms with Crippen molar-refractivity contribution in [1.29, 1.82) is 0 Å². The average Bonchev–Trinajstić information content (AvgIpc) is 3.46. The number of aromatic nitrogens is 2. The number of benzene rings is 2. The van der Waals surface area contributed by atoms with Gasteiger partial charge in [-0.2, -0.15) is 9.40 Å². The first kappa shape index (κ1) is 19.4. The highest BCUT2D eigenvalue weighted by Gasteiger charge is 2.26. The summed E-state index contributed by atoms with van der Waals surface area (Å²) in [6.45, 7) is 1.45. The number of rotatable bonds is 6. The number of nitrogens with one attached hydrogen (secondary N) is 1. The van der Waals surface area contributed by atoms with Crippen LogP contribution in [-0.4, -0.2) is 41.5 Å². The largest absolute Gasteiger partial charge is 0.347 e. The summed E-state index contributed by atoms with van der Waals surface area (Å²) in [7, 11) is -3.42.